The molecule has 0 bridgehead atoms. The molecule has 0 aliphatic heterocycles. The topological polar surface area (TPSA) is 81.4 Å². The maximum Gasteiger partial charge on any atom is 0.249 e. The molecule has 0 spiro atoms. The van der Waals surface area contributed by atoms with Crippen LogP contribution in [0.5, 0.6) is 5.75 Å². The number of carbonyl (C=O) groups excluding carboxylic acids is 2. The van der Waals surface area contributed by atoms with E-state index in [9.17, 15) is 9.59 Å². The van der Waals surface area contributed by atoms with Crippen molar-refractivity contribution in [2.75, 3.05) is 7.11 Å². The fourth-order valence-corrected chi connectivity index (χ4v) is 1.71. The summed E-state index contributed by atoms with van der Waals surface area (Å²) in [5, 5.41) is 2.57. The fourth-order valence-electron chi connectivity index (χ4n) is 1.61. The average Bonchev–Trinajstić information content (AvgIpc) is 2.46. The molecule has 1 aromatic carbocycles. The van der Waals surface area contributed by atoms with Crippen molar-refractivity contribution in [3.63, 3.8) is 0 Å². The fraction of sp³-hybridized carbons (Fsp3) is 0.353. The summed E-state index contributed by atoms with van der Waals surface area (Å²) in [6, 6.07) is 5.87. The Morgan fingerprint density at radius 2 is 1.91 bits per heavy atom. The Balaban J connectivity index is 0.000000841. The Labute approximate surface area is 142 Å². The van der Waals surface area contributed by atoms with E-state index in [4.69, 9.17) is 17.0 Å². The quantitative estimate of drug-likeness (QED) is 0.654. The maximum absolute atomic E-state index is 11.6. The van der Waals surface area contributed by atoms with Crippen molar-refractivity contribution in [3.05, 3.63) is 35.4 Å². The standard InChI is InChI=1S/C14H17NO2S.C3H7NO/c1-9-5-6-12(13(7-9)17-4)10(2)8-14(16)15-11(3)18;1-2-3(4)5/h5-8H,1-4H3,(H,15,16,18);2H2,1H3,(H2,4,5)/b10-8+;. The first kappa shape index (κ1) is 20.8. The first-order valence-electron chi connectivity index (χ1n) is 7.14. The second-order valence-electron chi connectivity index (χ2n) is 4.90. The lowest BCUT2D eigenvalue weighted by Gasteiger charge is -2.10. The predicted molar refractivity (Wildman–Crippen MR) is 97.3 cm³/mol. The number of thiocarbonyl (C=S) groups is 1. The Hall–Kier alpha value is -2.21. The molecule has 0 saturated heterocycles. The molecule has 23 heavy (non-hydrogen) atoms. The van der Waals surface area contributed by atoms with E-state index in [1.807, 2.05) is 32.0 Å². The van der Waals surface area contributed by atoms with E-state index in [0.29, 0.717) is 11.4 Å². The third kappa shape index (κ3) is 8.73. The Morgan fingerprint density at radius 1 is 1.35 bits per heavy atom. The van der Waals surface area contributed by atoms with Crippen molar-refractivity contribution >= 4 is 34.6 Å². The highest BCUT2D eigenvalue weighted by atomic mass is 32.1. The molecule has 0 aromatic heterocycles. The zero-order valence-electron chi connectivity index (χ0n) is 14.2. The number of benzene rings is 1. The van der Waals surface area contributed by atoms with Crippen LogP contribution in [0.15, 0.2) is 24.3 Å². The van der Waals surface area contributed by atoms with E-state index in [0.717, 1.165) is 22.4 Å². The molecule has 0 aliphatic carbocycles. The summed E-state index contributed by atoms with van der Waals surface area (Å²) in [6.07, 6.45) is 1.96. The van der Waals surface area contributed by atoms with E-state index in [2.05, 4.69) is 11.1 Å². The Bertz CT molecular complexity index is 610. The van der Waals surface area contributed by atoms with E-state index < -0.39 is 0 Å². The first-order chi connectivity index (χ1) is 10.7. The predicted octanol–water partition coefficient (Wildman–Crippen LogP) is 2.75. The van der Waals surface area contributed by atoms with Gasteiger partial charge in [-0.05, 0) is 38.0 Å². The summed E-state index contributed by atoms with van der Waals surface area (Å²) < 4.78 is 5.31. The number of rotatable bonds is 4. The molecule has 0 radical (unpaired) electrons. The number of hydrogen-bond donors (Lipinski definition) is 2. The molecule has 0 unspecified atom stereocenters. The lowest BCUT2D eigenvalue weighted by molar-refractivity contribution is -0.117. The smallest absolute Gasteiger partial charge is 0.249 e. The molecular formula is C17H24N2O3S. The molecule has 0 fully saturated rings. The van der Waals surface area contributed by atoms with Gasteiger partial charge in [0, 0.05) is 18.1 Å². The van der Waals surface area contributed by atoms with Crippen LogP contribution in [-0.4, -0.2) is 23.9 Å². The normalized spacial score (nSPS) is 10.2. The van der Waals surface area contributed by atoms with Crippen molar-refractivity contribution in [2.45, 2.75) is 34.1 Å². The van der Waals surface area contributed by atoms with Gasteiger partial charge >= 0.3 is 0 Å². The Morgan fingerprint density at radius 3 is 2.35 bits per heavy atom. The average molecular weight is 336 g/mol. The van der Waals surface area contributed by atoms with Crippen molar-refractivity contribution in [2.24, 2.45) is 5.73 Å². The van der Waals surface area contributed by atoms with Crippen molar-refractivity contribution in [3.8, 4) is 5.75 Å². The number of hydrogen-bond acceptors (Lipinski definition) is 4. The highest BCUT2D eigenvalue weighted by Crippen LogP contribution is 2.26. The molecule has 6 heteroatoms. The SMILES string of the molecule is CCC(N)=O.COc1cc(C)ccc1/C(C)=C/C(=O)NC(C)=S. The van der Waals surface area contributed by atoms with E-state index in [-0.39, 0.29) is 11.8 Å². The minimum absolute atomic E-state index is 0.220. The van der Waals surface area contributed by atoms with Gasteiger partial charge in [-0.1, -0.05) is 31.3 Å². The molecule has 0 heterocycles. The van der Waals surface area contributed by atoms with Crippen LogP contribution in [0.25, 0.3) is 5.57 Å². The number of ether oxygens (including phenoxy) is 1. The largest absolute Gasteiger partial charge is 0.496 e. The molecule has 0 saturated carbocycles. The molecule has 1 rings (SSSR count). The molecule has 3 N–H and O–H groups in total. The second-order valence-corrected chi connectivity index (χ2v) is 5.51. The van der Waals surface area contributed by atoms with Gasteiger partial charge in [0.1, 0.15) is 5.75 Å². The van der Waals surface area contributed by atoms with Crippen LogP contribution in [-0.2, 0) is 9.59 Å². The zero-order chi connectivity index (χ0) is 18.0. The van der Waals surface area contributed by atoms with E-state index in [1.165, 1.54) is 6.08 Å². The number of allylic oxidation sites excluding steroid dienone is 1. The maximum atomic E-state index is 11.6. The number of primary amides is 1. The van der Waals surface area contributed by atoms with Crippen LogP contribution in [0.3, 0.4) is 0 Å². The lowest BCUT2D eigenvalue weighted by atomic mass is 10.0. The van der Waals surface area contributed by atoms with Crippen molar-refractivity contribution in [1.82, 2.24) is 5.32 Å². The third-order valence-electron chi connectivity index (χ3n) is 2.78. The van der Waals surface area contributed by atoms with Gasteiger partial charge in [-0.3, -0.25) is 9.59 Å². The second kappa shape index (κ2) is 10.5. The van der Waals surface area contributed by atoms with Crippen LogP contribution >= 0.6 is 12.2 Å². The van der Waals surface area contributed by atoms with Crippen LogP contribution in [0, 0.1) is 6.92 Å². The summed E-state index contributed by atoms with van der Waals surface area (Å²) in [6.45, 7) is 7.25. The number of amides is 2. The van der Waals surface area contributed by atoms with Gasteiger partial charge in [0.25, 0.3) is 0 Å². The van der Waals surface area contributed by atoms with E-state index in [1.54, 1.807) is 21.0 Å². The zero-order valence-corrected chi connectivity index (χ0v) is 15.0. The number of methoxy groups -OCH3 is 1. The van der Waals surface area contributed by atoms with Gasteiger partial charge in [0.15, 0.2) is 0 Å². The third-order valence-corrected chi connectivity index (χ3v) is 2.88. The number of carbonyl (C=O) groups is 2. The minimum Gasteiger partial charge on any atom is -0.496 e. The monoisotopic (exact) mass is 336 g/mol. The van der Waals surface area contributed by atoms with Gasteiger partial charge in [-0.25, -0.2) is 0 Å². The van der Waals surface area contributed by atoms with Crippen LogP contribution in [0.4, 0.5) is 0 Å². The molecule has 0 aliphatic rings. The van der Waals surface area contributed by atoms with Gasteiger partial charge < -0.3 is 15.8 Å². The summed E-state index contributed by atoms with van der Waals surface area (Å²) in [5.41, 5.74) is 7.50. The summed E-state index contributed by atoms with van der Waals surface area (Å²) in [7, 11) is 1.62. The highest BCUT2D eigenvalue weighted by Gasteiger charge is 2.07. The van der Waals surface area contributed by atoms with Gasteiger partial charge in [-0.15, -0.1) is 0 Å². The van der Waals surface area contributed by atoms with Crippen LogP contribution in [0.1, 0.15) is 38.3 Å². The van der Waals surface area contributed by atoms with Gasteiger partial charge in [0.2, 0.25) is 11.8 Å². The summed E-state index contributed by atoms with van der Waals surface area (Å²) >= 11 is 4.82. The Kier molecular flexibility index (Phi) is 9.50. The van der Waals surface area contributed by atoms with Crippen molar-refractivity contribution < 1.29 is 14.3 Å². The van der Waals surface area contributed by atoms with Gasteiger partial charge in [0.05, 0.1) is 12.1 Å². The molecule has 0 atom stereocenters. The number of aryl methyl sites for hydroxylation is 1. The van der Waals surface area contributed by atoms with Crippen LogP contribution in [0.2, 0.25) is 0 Å². The molecule has 5 nitrogen and oxygen atoms in total. The summed E-state index contributed by atoms with van der Waals surface area (Å²) in [5.74, 6) is 0.295. The molecular weight excluding hydrogens is 312 g/mol. The first-order valence-corrected chi connectivity index (χ1v) is 7.55. The number of nitrogens with one attached hydrogen (secondary N) is 1. The lowest BCUT2D eigenvalue weighted by Crippen LogP contribution is -2.24. The van der Waals surface area contributed by atoms with Gasteiger partial charge in [-0.2, -0.15) is 0 Å². The molecule has 1 aromatic rings. The highest BCUT2D eigenvalue weighted by molar-refractivity contribution is 7.80. The van der Waals surface area contributed by atoms with E-state index >= 15 is 0 Å². The number of nitrogens with two attached hydrogens (primary N) is 1. The molecule has 126 valence electrons. The molecule has 2 amide bonds. The minimum atomic E-state index is -0.245. The van der Waals surface area contributed by atoms with Crippen molar-refractivity contribution in [1.29, 1.82) is 0 Å². The summed E-state index contributed by atoms with van der Waals surface area (Å²) in [4.78, 5) is 21.6. The van der Waals surface area contributed by atoms with Crippen LogP contribution < -0.4 is 15.8 Å².